The first-order chi connectivity index (χ1) is 16.4. The number of sulfone groups is 1. The summed E-state index contributed by atoms with van der Waals surface area (Å²) in [6.45, 7) is 2.36. The number of benzene rings is 3. The van der Waals surface area contributed by atoms with Crippen molar-refractivity contribution in [2.75, 3.05) is 12.8 Å². The molecule has 5 aromatic rings. The molecule has 0 amide bonds. The van der Waals surface area contributed by atoms with Crippen LogP contribution >= 0.6 is 0 Å². The summed E-state index contributed by atoms with van der Waals surface area (Å²) in [5, 5.41) is 0. The van der Waals surface area contributed by atoms with Crippen LogP contribution in [-0.4, -0.2) is 30.1 Å². The van der Waals surface area contributed by atoms with Gasteiger partial charge < -0.3 is 15.0 Å². The summed E-state index contributed by atoms with van der Waals surface area (Å²) in [5.74, 6) is 0.915. The minimum atomic E-state index is -3.92. The zero-order valence-corrected chi connectivity index (χ0v) is 19.7. The molecule has 2 aromatic heterocycles. The molecule has 7 nitrogen and oxygen atoms in total. The van der Waals surface area contributed by atoms with Crippen molar-refractivity contribution in [3.63, 3.8) is 0 Å². The molecule has 0 fully saturated rings. The number of rotatable bonds is 6. The van der Waals surface area contributed by atoms with Crippen molar-refractivity contribution >= 4 is 37.9 Å². The van der Waals surface area contributed by atoms with E-state index in [1.165, 1.54) is 0 Å². The highest BCUT2D eigenvalue weighted by atomic mass is 32.2. The number of nitrogens with two attached hydrogens (primary N) is 1. The summed E-state index contributed by atoms with van der Waals surface area (Å²) < 4.78 is 34.4. The van der Waals surface area contributed by atoms with Crippen molar-refractivity contribution in [2.24, 2.45) is 0 Å². The van der Waals surface area contributed by atoms with Gasteiger partial charge in [-0.05, 0) is 55.3 Å². The molecular formula is C26H24N4O3S. The number of methoxy groups -OCH3 is 1. The van der Waals surface area contributed by atoms with Gasteiger partial charge in [-0.2, -0.15) is 0 Å². The highest BCUT2D eigenvalue weighted by Gasteiger charge is 2.30. The summed E-state index contributed by atoms with van der Waals surface area (Å²) in [5.41, 5.74) is 10.6. The number of anilines is 1. The minimum Gasteiger partial charge on any atom is -0.497 e. The lowest BCUT2D eigenvalue weighted by atomic mass is 10.1. The molecule has 0 aliphatic heterocycles. The number of hydrogen-bond donors (Lipinski definition) is 1. The van der Waals surface area contributed by atoms with Crippen molar-refractivity contribution in [3.05, 3.63) is 83.9 Å². The topological polar surface area (TPSA) is 100 Å². The molecule has 8 heteroatoms. The second-order valence-electron chi connectivity index (χ2n) is 8.17. The van der Waals surface area contributed by atoms with Gasteiger partial charge in [0.1, 0.15) is 22.0 Å². The van der Waals surface area contributed by atoms with Crippen LogP contribution < -0.4 is 10.5 Å². The molecule has 5 rings (SSSR count). The molecule has 2 N–H and O–H groups in total. The lowest BCUT2D eigenvalue weighted by Gasteiger charge is -2.09. The first kappa shape index (κ1) is 21.9. The Morgan fingerprint density at radius 1 is 0.912 bits per heavy atom. The summed E-state index contributed by atoms with van der Waals surface area (Å²) in [4.78, 5) is 9.62. The third-order valence-electron chi connectivity index (χ3n) is 5.93. The van der Waals surface area contributed by atoms with Gasteiger partial charge in [-0.3, -0.25) is 0 Å². The zero-order valence-electron chi connectivity index (χ0n) is 18.9. The van der Waals surface area contributed by atoms with E-state index in [1.807, 2.05) is 55.5 Å². The van der Waals surface area contributed by atoms with Gasteiger partial charge in [-0.1, -0.05) is 42.0 Å². The number of fused-ring (bicyclic) bond motifs is 2. The highest BCUT2D eigenvalue weighted by Crippen LogP contribution is 2.35. The zero-order chi connectivity index (χ0) is 23.9. The van der Waals surface area contributed by atoms with E-state index in [1.54, 1.807) is 35.9 Å². The second-order valence-corrected chi connectivity index (χ2v) is 10.1. The summed E-state index contributed by atoms with van der Waals surface area (Å²) in [6, 6.07) is 21.9. The molecule has 0 saturated carbocycles. The highest BCUT2D eigenvalue weighted by molar-refractivity contribution is 7.92. The van der Waals surface area contributed by atoms with Crippen molar-refractivity contribution in [1.82, 2.24) is 14.5 Å². The quantitative estimate of drug-likeness (QED) is 0.389. The van der Waals surface area contributed by atoms with E-state index in [9.17, 15) is 8.42 Å². The van der Waals surface area contributed by atoms with Gasteiger partial charge in [0.05, 0.1) is 23.0 Å². The Morgan fingerprint density at radius 3 is 2.21 bits per heavy atom. The third-order valence-corrected chi connectivity index (χ3v) is 7.76. The van der Waals surface area contributed by atoms with Crippen LogP contribution in [0.15, 0.2) is 82.6 Å². The SMILES string of the molecule is COc1ccc(CCn2c(N)c(S(=O)(=O)c3ccc(C)cc3)c3nc4ccccc4nc32)cc1. The number of nitrogens with zero attached hydrogens (tertiary/aromatic N) is 3. The Bertz CT molecular complexity index is 1610. The van der Waals surface area contributed by atoms with Crippen LogP contribution in [0.25, 0.3) is 22.2 Å². The average molecular weight is 473 g/mol. The number of para-hydroxylation sites is 2. The minimum absolute atomic E-state index is 0.000614. The number of ether oxygens (including phenoxy) is 1. The van der Waals surface area contributed by atoms with Gasteiger partial charge in [0, 0.05) is 6.54 Å². The number of aryl methyl sites for hydroxylation is 3. The average Bonchev–Trinajstić information content (AvgIpc) is 3.12. The second kappa shape index (κ2) is 8.46. The van der Waals surface area contributed by atoms with E-state index in [0.29, 0.717) is 29.6 Å². The van der Waals surface area contributed by atoms with Gasteiger partial charge in [0.15, 0.2) is 5.65 Å². The van der Waals surface area contributed by atoms with Crippen LogP contribution in [0.5, 0.6) is 5.75 Å². The van der Waals surface area contributed by atoms with Crippen LogP contribution in [0.3, 0.4) is 0 Å². The Kier molecular flexibility index (Phi) is 5.45. The van der Waals surface area contributed by atoms with Gasteiger partial charge in [-0.25, -0.2) is 18.4 Å². The monoisotopic (exact) mass is 472 g/mol. The van der Waals surface area contributed by atoms with Gasteiger partial charge >= 0.3 is 0 Å². The molecule has 3 aromatic carbocycles. The molecule has 2 heterocycles. The molecule has 0 saturated heterocycles. The summed E-state index contributed by atoms with van der Waals surface area (Å²) in [6.07, 6.45) is 0.635. The maximum absolute atomic E-state index is 13.7. The lowest BCUT2D eigenvalue weighted by Crippen LogP contribution is -2.09. The molecule has 34 heavy (non-hydrogen) atoms. The standard InChI is InChI=1S/C26H24N4O3S/c1-17-7-13-20(14-8-17)34(31,32)24-23-26(29-22-6-4-3-5-21(22)28-23)30(25(24)27)16-15-18-9-11-19(33-2)12-10-18/h3-14H,15-16,27H2,1-2H3. The molecule has 0 bridgehead atoms. The van der Waals surface area contributed by atoms with Crippen LogP contribution in [0.4, 0.5) is 5.82 Å². The maximum Gasteiger partial charge on any atom is 0.212 e. The van der Waals surface area contributed by atoms with Crippen LogP contribution in [0, 0.1) is 6.92 Å². The smallest absolute Gasteiger partial charge is 0.212 e. The van der Waals surface area contributed by atoms with Crippen molar-refractivity contribution in [2.45, 2.75) is 29.7 Å². The molecule has 0 spiro atoms. The molecule has 172 valence electrons. The lowest BCUT2D eigenvalue weighted by molar-refractivity contribution is 0.414. The molecule has 0 radical (unpaired) electrons. The van der Waals surface area contributed by atoms with Gasteiger partial charge in [0.25, 0.3) is 0 Å². The van der Waals surface area contributed by atoms with E-state index in [-0.39, 0.29) is 21.1 Å². The first-order valence-electron chi connectivity index (χ1n) is 10.9. The third kappa shape index (κ3) is 3.76. The van der Waals surface area contributed by atoms with Crippen molar-refractivity contribution in [3.8, 4) is 5.75 Å². The van der Waals surface area contributed by atoms with E-state index in [4.69, 9.17) is 15.5 Å². The summed E-state index contributed by atoms with van der Waals surface area (Å²) >= 11 is 0. The fourth-order valence-corrected chi connectivity index (χ4v) is 5.56. The number of nitrogen functional groups attached to an aromatic ring is 1. The Hall–Kier alpha value is -3.91. The molecule has 0 unspecified atom stereocenters. The van der Waals surface area contributed by atoms with E-state index >= 15 is 0 Å². The van der Waals surface area contributed by atoms with E-state index in [0.717, 1.165) is 16.9 Å². The molecule has 0 atom stereocenters. The maximum atomic E-state index is 13.7. The first-order valence-corrected chi connectivity index (χ1v) is 12.4. The van der Waals surface area contributed by atoms with Crippen LogP contribution in [0.1, 0.15) is 11.1 Å². The summed E-state index contributed by atoms with van der Waals surface area (Å²) in [7, 11) is -2.29. The Balaban J connectivity index is 1.68. The molecule has 0 aliphatic rings. The predicted octanol–water partition coefficient (Wildman–Crippen LogP) is 4.56. The molecule has 0 aliphatic carbocycles. The predicted molar refractivity (Wildman–Crippen MR) is 133 cm³/mol. The van der Waals surface area contributed by atoms with Crippen molar-refractivity contribution < 1.29 is 13.2 Å². The van der Waals surface area contributed by atoms with Gasteiger partial charge in [-0.15, -0.1) is 0 Å². The van der Waals surface area contributed by atoms with E-state index in [2.05, 4.69) is 4.98 Å². The van der Waals surface area contributed by atoms with Gasteiger partial charge in [0.2, 0.25) is 9.84 Å². The Labute approximate surface area is 197 Å². The number of aromatic nitrogens is 3. The van der Waals surface area contributed by atoms with Crippen LogP contribution in [-0.2, 0) is 22.8 Å². The van der Waals surface area contributed by atoms with Crippen molar-refractivity contribution in [1.29, 1.82) is 0 Å². The normalized spacial score (nSPS) is 11.8. The largest absolute Gasteiger partial charge is 0.497 e. The van der Waals surface area contributed by atoms with E-state index < -0.39 is 9.84 Å². The fraction of sp³-hybridized carbons (Fsp3) is 0.154. The molecular weight excluding hydrogens is 448 g/mol. The Morgan fingerprint density at radius 2 is 1.56 bits per heavy atom. The fourth-order valence-electron chi connectivity index (χ4n) is 4.05. The number of hydrogen-bond acceptors (Lipinski definition) is 6. The van der Waals surface area contributed by atoms with Crippen LogP contribution in [0.2, 0.25) is 0 Å².